The van der Waals surface area contributed by atoms with E-state index >= 15 is 0 Å². The number of nitrogens with two attached hydrogens (primary N) is 1. The first-order valence-electron chi connectivity index (χ1n) is 9.29. The molecule has 0 radical (unpaired) electrons. The lowest BCUT2D eigenvalue weighted by Crippen LogP contribution is -2.33. The van der Waals surface area contributed by atoms with E-state index in [2.05, 4.69) is 15.0 Å². The van der Waals surface area contributed by atoms with Gasteiger partial charge in [0.2, 0.25) is 0 Å². The summed E-state index contributed by atoms with van der Waals surface area (Å²) < 4.78 is 6.52. The number of imidazole rings is 1. The van der Waals surface area contributed by atoms with Gasteiger partial charge in [0.1, 0.15) is 23.8 Å². The molecule has 4 rings (SSSR count). The molecule has 178 valence electrons. The molecule has 0 bridgehead atoms. The zero-order valence-corrected chi connectivity index (χ0v) is 16.7. The molecule has 4 atom stereocenters. The third-order valence-corrected chi connectivity index (χ3v) is 5.15. The van der Waals surface area contributed by atoms with Crippen molar-refractivity contribution in [2.45, 2.75) is 24.5 Å². The van der Waals surface area contributed by atoms with Gasteiger partial charge >= 0.3 is 0 Å². The fourth-order valence-corrected chi connectivity index (χ4v) is 3.57. The SMILES string of the molecule is Nc1nc(-c2c([N+](=O)[O-])cc([N+](=O)[O-])cc2[N+](=O)[O-])nc2c1ncn2[C@@H]1O[C@H](CO)C(O)C1O. The second-order valence-corrected chi connectivity index (χ2v) is 7.12. The predicted octanol–water partition coefficient (Wildman–Crippen LogP) is -0.588. The highest BCUT2D eigenvalue weighted by Crippen LogP contribution is 2.41. The lowest BCUT2D eigenvalue weighted by molar-refractivity contribution is -0.402. The molecule has 0 saturated carbocycles. The van der Waals surface area contributed by atoms with Crippen molar-refractivity contribution >= 4 is 34.0 Å². The molecule has 2 unspecified atom stereocenters. The Hall–Kier alpha value is -4.39. The Balaban J connectivity index is 1.97. The molecule has 18 nitrogen and oxygen atoms in total. The van der Waals surface area contributed by atoms with E-state index in [0.717, 1.165) is 10.9 Å². The predicted molar refractivity (Wildman–Crippen MR) is 108 cm³/mol. The number of hydrogen-bond donors (Lipinski definition) is 4. The molecule has 18 heteroatoms. The fraction of sp³-hybridized carbons (Fsp3) is 0.312. The number of anilines is 1. The average molecular weight is 478 g/mol. The summed E-state index contributed by atoms with van der Waals surface area (Å²) in [6, 6.07) is 1.05. The van der Waals surface area contributed by atoms with Gasteiger partial charge in [-0.2, -0.15) is 0 Å². The molecule has 0 aliphatic carbocycles. The van der Waals surface area contributed by atoms with Crippen LogP contribution in [0.4, 0.5) is 22.9 Å². The summed E-state index contributed by atoms with van der Waals surface area (Å²) in [7, 11) is 0. The van der Waals surface area contributed by atoms with Crippen LogP contribution in [0.5, 0.6) is 0 Å². The number of nitro benzene ring substituents is 3. The lowest BCUT2D eigenvalue weighted by Gasteiger charge is -2.16. The molecule has 34 heavy (non-hydrogen) atoms. The molecule has 1 saturated heterocycles. The van der Waals surface area contributed by atoms with Crippen LogP contribution in [0.25, 0.3) is 22.6 Å². The standard InChI is InChI=1S/C16H14N8O10/c17-13-10-15(21(4-18-10)16-12(27)11(26)8(3-25)34-16)20-14(19-13)9-6(23(30)31)1-5(22(28)29)2-7(9)24(32)33/h1-2,4,8,11-12,16,25-27H,3H2,(H2,17,19,20)/t8-,11?,12?,16-/m1/s1. The fourth-order valence-electron chi connectivity index (χ4n) is 3.57. The number of benzene rings is 1. The van der Waals surface area contributed by atoms with E-state index in [1.807, 2.05) is 0 Å². The van der Waals surface area contributed by atoms with E-state index in [1.54, 1.807) is 0 Å². The largest absolute Gasteiger partial charge is 0.394 e. The Morgan fingerprint density at radius 3 is 2.15 bits per heavy atom. The molecule has 1 fully saturated rings. The molecule has 3 aromatic rings. The van der Waals surface area contributed by atoms with Crippen molar-refractivity contribution in [3.8, 4) is 11.4 Å². The number of aromatic nitrogens is 4. The van der Waals surface area contributed by atoms with E-state index in [0.29, 0.717) is 12.1 Å². The summed E-state index contributed by atoms with van der Waals surface area (Å²) >= 11 is 0. The first-order chi connectivity index (χ1) is 16.0. The van der Waals surface area contributed by atoms with Gasteiger partial charge in [-0.15, -0.1) is 0 Å². The molecule has 1 aromatic carbocycles. The highest BCUT2D eigenvalue weighted by atomic mass is 16.6. The summed E-state index contributed by atoms with van der Waals surface area (Å²) in [6.45, 7) is -0.620. The van der Waals surface area contributed by atoms with Crippen LogP contribution in [-0.2, 0) is 4.74 Å². The first kappa shape index (κ1) is 22.8. The monoisotopic (exact) mass is 478 g/mol. The Kier molecular flexibility index (Phi) is 5.49. The van der Waals surface area contributed by atoms with Gasteiger partial charge in [-0.25, -0.2) is 15.0 Å². The Labute approximate surface area is 186 Å². The summed E-state index contributed by atoms with van der Waals surface area (Å²) in [4.78, 5) is 43.1. The molecule has 0 amide bonds. The normalized spacial score (nSPS) is 22.2. The lowest BCUT2D eigenvalue weighted by atomic mass is 10.1. The number of aliphatic hydroxyl groups excluding tert-OH is 3. The van der Waals surface area contributed by atoms with Gasteiger partial charge in [0.05, 0.1) is 39.8 Å². The van der Waals surface area contributed by atoms with Crippen molar-refractivity contribution in [2.75, 3.05) is 12.3 Å². The van der Waals surface area contributed by atoms with Crippen molar-refractivity contribution in [3.05, 3.63) is 48.8 Å². The van der Waals surface area contributed by atoms with Crippen molar-refractivity contribution in [2.24, 2.45) is 0 Å². The number of non-ortho nitro benzene ring substituents is 1. The average Bonchev–Trinajstić information content (AvgIpc) is 3.33. The maximum absolute atomic E-state index is 11.6. The first-order valence-corrected chi connectivity index (χ1v) is 9.29. The number of fused-ring (bicyclic) bond motifs is 1. The van der Waals surface area contributed by atoms with Gasteiger partial charge in [0.25, 0.3) is 17.1 Å². The molecular weight excluding hydrogens is 464 g/mol. The summed E-state index contributed by atoms with van der Waals surface area (Å²) in [5.41, 5.74) is 1.97. The van der Waals surface area contributed by atoms with Crippen molar-refractivity contribution in [1.29, 1.82) is 0 Å². The van der Waals surface area contributed by atoms with Crippen molar-refractivity contribution in [3.63, 3.8) is 0 Å². The molecule has 1 aliphatic heterocycles. The molecule has 3 heterocycles. The smallest absolute Gasteiger partial charge is 0.294 e. The van der Waals surface area contributed by atoms with E-state index in [4.69, 9.17) is 10.5 Å². The maximum Gasteiger partial charge on any atom is 0.294 e. The zero-order chi connectivity index (χ0) is 24.9. The van der Waals surface area contributed by atoms with Gasteiger partial charge in [-0.1, -0.05) is 0 Å². The number of ether oxygens (including phenoxy) is 1. The number of hydrogen-bond acceptors (Lipinski definition) is 14. The van der Waals surface area contributed by atoms with Crippen molar-refractivity contribution < 1.29 is 34.8 Å². The van der Waals surface area contributed by atoms with Crippen LogP contribution < -0.4 is 5.73 Å². The van der Waals surface area contributed by atoms with Crippen LogP contribution in [0.15, 0.2) is 18.5 Å². The number of nitrogen functional groups attached to an aromatic ring is 1. The van der Waals surface area contributed by atoms with Gasteiger partial charge in [0, 0.05) is 0 Å². The molecular formula is C16H14N8O10. The topological polar surface area (TPSA) is 269 Å². The third-order valence-electron chi connectivity index (χ3n) is 5.15. The van der Waals surface area contributed by atoms with Crippen LogP contribution in [0.2, 0.25) is 0 Å². The number of rotatable bonds is 6. The molecule has 2 aromatic heterocycles. The third kappa shape index (κ3) is 3.51. The summed E-state index contributed by atoms with van der Waals surface area (Å²) in [5, 5.41) is 64.0. The summed E-state index contributed by atoms with van der Waals surface area (Å²) in [6.07, 6.45) is -4.37. The van der Waals surface area contributed by atoms with Crippen LogP contribution in [0.1, 0.15) is 6.23 Å². The van der Waals surface area contributed by atoms with Crippen LogP contribution in [-0.4, -0.2) is 74.5 Å². The maximum atomic E-state index is 11.6. The van der Waals surface area contributed by atoms with Gasteiger partial charge in [-0.3, -0.25) is 34.9 Å². The molecule has 0 spiro atoms. The van der Waals surface area contributed by atoms with E-state index in [-0.39, 0.29) is 17.0 Å². The van der Waals surface area contributed by atoms with E-state index in [1.165, 1.54) is 0 Å². The van der Waals surface area contributed by atoms with E-state index in [9.17, 15) is 45.7 Å². The van der Waals surface area contributed by atoms with Gasteiger partial charge < -0.3 is 25.8 Å². The van der Waals surface area contributed by atoms with Gasteiger partial charge in [0.15, 0.2) is 29.1 Å². The Bertz CT molecular complexity index is 1310. The number of nitrogens with zero attached hydrogens (tertiary/aromatic N) is 7. The highest BCUT2D eigenvalue weighted by molar-refractivity contribution is 5.87. The quantitative estimate of drug-likeness (QED) is 0.255. The second kappa shape index (κ2) is 8.19. The Morgan fingerprint density at radius 2 is 1.65 bits per heavy atom. The minimum absolute atomic E-state index is 0.0614. The van der Waals surface area contributed by atoms with Crippen molar-refractivity contribution in [1.82, 2.24) is 19.5 Å². The number of aliphatic hydroxyl groups is 3. The molecule has 1 aliphatic rings. The van der Waals surface area contributed by atoms with Crippen LogP contribution in [0.3, 0.4) is 0 Å². The highest BCUT2D eigenvalue weighted by Gasteiger charge is 2.44. The van der Waals surface area contributed by atoms with Gasteiger partial charge in [-0.05, 0) is 0 Å². The minimum Gasteiger partial charge on any atom is -0.394 e. The van der Waals surface area contributed by atoms with E-state index < -0.39 is 74.4 Å². The Morgan fingerprint density at radius 1 is 1.03 bits per heavy atom. The van der Waals surface area contributed by atoms with Crippen LogP contribution in [0, 0.1) is 30.3 Å². The van der Waals surface area contributed by atoms with Crippen LogP contribution >= 0.6 is 0 Å². The summed E-state index contributed by atoms with van der Waals surface area (Å²) in [5.74, 6) is -0.973. The zero-order valence-electron chi connectivity index (χ0n) is 16.7. The molecule has 5 N–H and O–H groups in total. The second-order valence-electron chi connectivity index (χ2n) is 7.12. The minimum atomic E-state index is -1.54. The number of nitro groups is 3.